The minimum Gasteiger partial charge on any atom is -0.481 e. The molecule has 1 spiro atoms. The predicted molar refractivity (Wildman–Crippen MR) is 131 cm³/mol. The first-order valence-corrected chi connectivity index (χ1v) is 12.9. The standard InChI is InChI=1S/C28H28ClFN2O3/c29-23-7-6-21(25(33)9-17-10-28(11-17)12-19(13-28)27(34)35)26-22(23)14-31-32(26)15-16-4-5-20(24(30)8-16)18-2-1-3-18/h4-8,14,17-19H,1-3,9-13,15H2,(H,34,35). The van der Waals surface area contributed by atoms with Crippen molar-refractivity contribution in [2.24, 2.45) is 17.3 Å². The first kappa shape index (κ1) is 22.7. The molecule has 3 aromatic rings. The number of carbonyl (C=O) groups is 2. The molecule has 1 N–H and O–H groups in total. The van der Waals surface area contributed by atoms with Crippen LogP contribution in [-0.4, -0.2) is 26.6 Å². The van der Waals surface area contributed by atoms with Crippen molar-refractivity contribution in [1.82, 2.24) is 9.78 Å². The van der Waals surface area contributed by atoms with Crippen molar-refractivity contribution < 1.29 is 19.1 Å². The maximum atomic E-state index is 14.8. The summed E-state index contributed by atoms with van der Waals surface area (Å²) in [6.07, 6.45) is 8.68. The summed E-state index contributed by atoms with van der Waals surface area (Å²) in [5.41, 5.74) is 3.01. The second-order valence-corrected chi connectivity index (χ2v) is 11.4. The Balaban J connectivity index is 1.20. The topological polar surface area (TPSA) is 72.2 Å². The third-order valence-electron chi connectivity index (χ3n) is 8.62. The maximum absolute atomic E-state index is 14.8. The number of ketones is 1. The lowest BCUT2D eigenvalue weighted by molar-refractivity contribution is -0.157. The predicted octanol–water partition coefficient (Wildman–Crippen LogP) is 6.61. The third kappa shape index (κ3) is 3.96. The molecule has 6 rings (SSSR count). The van der Waals surface area contributed by atoms with E-state index in [9.17, 15) is 14.0 Å². The van der Waals surface area contributed by atoms with E-state index in [-0.39, 0.29) is 28.9 Å². The summed E-state index contributed by atoms with van der Waals surface area (Å²) in [5, 5.41) is 14.9. The number of rotatable bonds is 7. The molecular weight excluding hydrogens is 467 g/mol. The number of hydrogen-bond acceptors (Lipinski definition) is 3. The summed E-state index contributed by atoms with van der Waals surface area (Å²) in [4.78, 5) is 24.5. The molecule has 0 atom stereocenters. The summed E-state index contributed by atoms with van der Waals surface area (Å²) in [5.74, 6) is -0.424. The van der Waals surface area contributed by atoms with Crippen LogP contribution in [0, 0.1) is 23.1 Å². The lowest BCUT2D eigenvalue weighted by atomic mass is 9.47. The van der Waals surface area contributed by atoms with Crippen LogP contribution < -0.4 is 0 Å². The zero-order valence-electron chi connectivity index (χ0n) is 19.5. The van der Waals surface area contributed by atoms with Crippen LogP contribution in [0.25, 0.3) is 10.9 Å². The normalized spacial score (nSPS) is 25.8. The van der Waals surface area contributed by atoms with Gasteiger partial charge in [0.2, 0.25) is 0 Å². The number of aromatic nitrogens is 2. The second kappa shape index (κ2) is 8.44. The van der Waals surface area contributed by atoms with Gasteiger partial charge in [-0.15, -0.1) is 0 Å². The molecule has 1 heterocycles. The van der Waals surface area contributed by atoms with E-state index in [1.165, 1.54) is 0 Å². The number of aliphatic carboxylic acids is 1. The fourth-order valence-corrected chi connectivity index (χ4v) is 6.78. The van der Waals surface area contributed by atoms with Crippen LogP contribution in [0.2, 0.25) is 5.02 Å². The van der Waals surface area contributed by atoms with E-state index >= 15 is 0 Å². The van der Waals surface area contributed by atoms with Gasteiger partial charge in [0.25, 0.3) is 0 Å². The van der Waals surface area contributed by atoms with Gasteiger partial charge in [-0.2, -0.15) is 5.10 Å². The van der Waals surface area contributed by atoms with Gasteiger partial charge in [-0.3, -0.25) is 14.3 Å². The van der Waals surface area contributed by atoms with Gasteiger partial charge in [0.1, 0.15) is 5.82 Å². The fraction of sp³-hybridized carbons (Fsp3) is 0.464. The lowest BCUT2D eigenvalue weighted by Crippen LogP contribution is -2.50. The quantitative estimate of drug-likeness (QED) is 0.375. The summed E-state index contributed by atoms with van der Waals surface area (Å²) in [6.45, 7) is 0.356. The van der Waals surface area contributed by atoms with Crippen LogP contribution in [0.3, 0.4) is 0 Å². The van der Waals surface area contributed by atoms with Gasteiger partial charge in [-0.25, -0.2) is 4.39 Å². The average Bonchev–Trinajstić information content (AvgIpc) is 3.13. The molecule has 2 aromatic carbocycles. The Bertz CT molecular complexity index is 1330. The van der Waals surface area contributed by atoms with Crippen LogP contribution in [0.4, 0.5) is 4.39 Å². The van der Waals surface area contributed by atoms with Gasteiger partial charge in [0.05, 0.1) is 29.2 Å². The molecule has 5 nitrogen and oxygen atoms in total. The van der Waals surface area contributed by atoms with E-state index in [1.54, 1.807) is 29.1 Å². The number of hydrogen-bond donors (Lipinski definition) is 1. The Hall–Kier alpha value is -2.73. The molecule has 35 heavy (non-hydrogen) atoms. The molecule has 3 aliphatic rings. The molecule has 0 aliphatic heterocycles. The molecule has 1 aromatic heterocycles. The third-order valence-corrected chi connectivity index (χ3v) is 8.95. The number of benzene rings is 2. The largest absolute Gasteiger partial charge is 0.481 e. The van der Waals surface area contributed by atoms with E-state index in [4.69, 9.17) is 16.7 Å². The number of carbonyl (C=O) groups excluding carboxylic acids is 1. The zero-order chi connectivity index (χ0) is 24.3. The Morgan fingerprint density at radius 1 is 1.14 bits per heavy atom. The number of Topliss-reactive ketones (excluding diaryl/α,β-unsaturated/α-hetero) is 1. The molecule has 0 bridgehead atoms. The number of halogens is 2. The number of carboxylic acids is 1. The summed E-state index contributed by atoms with van der Waals surface area (Å²) < 4.78 is 16.5. The van der Waals surface area contributed by atoms with Crippen molar-refractivity contribution in [2.45, 2.75) is 63.8 Å². The van der Waals surface area contributed by atoms with Gasteiger partial charge < -0.3 is 5.11 Å². The minimum absolute atomic E-state index is 0.0499. The van der Waals surface area contributed by atoms with E-state index in [0.717, 1.165) is 61.5 Å². The highest BCUT2D eigenvalue weighted by Crippen LogP contribution is 2.62. The first-order valence-electron chi connectivity index (χ1n) is 12.5. The zero-order valence-corrected chi connectivity index (χ0v) is 20.2. The van der Waals surface area contributed by atoms with Crippen LogP contribution in [0.5, 0.6) is 0 Å². The highest BCUT2D eigenvalue weighted by Gasteiger charge is 2.54. The number of nitrogens with zero attached hydrogens (tertiary/aromatic N) is 2. The van der Waals surface area contributed by atoms with Crippen molar-refractivity contribution in [2.75, 3.05) is 0 Å². The second-order valence-electron chi connectivity index (χ2n) is 11.0. The van der Waals surface area contributed by atoms with Gasteiger partial charge in [-0.1, -0.05) is 30.2 Å². The molecule has 0 saturated heterocycles. The van der Waals surface area contributed by atoms with Gasteiger partial charge >= 0.3 is 5.97 Å². The van der Waals surface area contributed by atoms with Gasteiger partial charge in [-0.05, 0) is 85.1 Å². The van der Waals surface area contributed by atoms with E-state index in [0.29, 0.717) is 35.0 Å². The molecule has 0 radical (unpaired) electrons. The van der Waals surface area contributed by atoms with Gasteiger partial charge in [0.15, 0.2) is 5.78 Å². The molecular formula is C28H28ClFN2O3. The first-order chi connectivity index (χ1) is 16.8. The molecule has 3 aliphatic carbocycles. The Kier molecular flexibility index (Phi) is 5.48. The molecule has 0 amide bonds. The Morgan fingerprint density at radius 3 is 2.57 bits per heavy atom. The highest BCUT2D eigenvalue weighted by atomic mass is 35.5. The molecule has 182 valence electrons. The molecule has 7 heteroatoms. The van der Waals surface area contributed by atoms with Crippen LogP contribution in [0.1, 0.15) is 78.8 Å². The molecule has 3 fully saturated rings. The Labute approximate surface area is 208 Å². The van der Waals surface area contributed by atoms with Gasteiger partial charge in [0, 0.05) is 17.4 Å². The van der Waals surface area contributed by atoms with Crippen molar-refractivity contribution >= 4 is 34.3 Å². The number of carboxylic acid groups (broad SMARTS) is 1. The lowest BCUT2D eigenvalue weighted by Gasteiger charge is -2.56. The monoisotopic (exact) mass is 494 g/mol. The SMILES string of the molecule is O=C(CC1CC2(C1)CC(C(=O)O)C2)c1ccc(Cl)c2cnn(Cc3ccc(C4CCC4)c(F)c3)c12. The van der Waals surface area contributed by atoms with E-state index < -0.39 is 5.97 Å². The number of fused-ring (bicyclic) bond motifs is 1. The van der Waals surface area contributed by atoms with Crippen molar-refractivity contribution in [1.29, 1.82) is 0 Å². The highest BCUT2D eigenvalue weighted by molar-refractivity contribution is 6.36. The fourth-order valence-electron chi connectivity index (χ4n) is 6.58. The van der Waals surface area contributed by atoms with Crippen molar-refractivity contribution in [3.63, 3.8) is 0 Å². The van der Waals surface area contributed by atoms with E-state index in [2.05, 4.69) is 5.10 Å². The summed E-state index contributed by atoms with van der Waals surface area (Å²) >= 11 is 6.43. The molecule has 0 unspecified atom stereocenters. The Morgan fingerprint density at radius 2 is 1.91 bits per heavy atom. The van der Waals surface area contributed by atoms with Crippen molar-refractivity contribution in [3.8, 4) is 0 Å². The molecule has 3 saturated carbocycles. The van der Waals surface area contributed by atoms with Crippen molar-refractivity contribution in [3.05, 3.63) is 64.1 Å². The minimum atomic E-state index is -0.704. The summed E-state index contributed by atoms with van der Waals surface area (Å²) in [7, 11) is 0. The van der Waals surface area contributed by atoms with E-state index in [1.807, 2.05) is 12.1 Å². The van der Waals surface area contributed by atoms with Crippen LogP contribution in [0.15, 0.2) is 36.5 Å². The van der Waals surface area contributed by atoms with Crippen LogP contribution in [-0.2, 0) is 11.3 Å². The summed E-state index contributed by atoms with van der Waals surface area (Å²) in [6, 6.07) is 8.93. The maximum Gasteiger partial charge on any atom is 0.306 e. The smallest absolute Gasteiger partial charge is 0.306 e. The van der Waals surface area contributed by atoms with Crippen LogP contribution >= 0.6 is 11.6 Å². The average molecular weight is 495 g/mol.